The number of nitrogens with one attached hydrogen (secondary N) is 1. The molecule has 3 aromatic rings. The lowest BCUT2D eigenvalue weighted by molar-refractivity contribution is -0.134. The van der Waals surface area contributed by atoms with Gasteiger partial charge in [-0.25, -0.2) is 0 Å². The summed E-state index contributed by atoms with van der Waals surface area (Å²) >= 11 is 0. The molecule has 0 unspecified atom stereocenters. The van der Waals surface area contributed by atoms with E-state index in [0.29, 0.717) is 13.1 Å². The van der Waals surface area contributed by atoms with E-state index in [-0.39, 0.29) is 23.7 Å². The van der Waals surface area contributed by atoms with E-state index in [9.17, 15) is 9.59 Å². The third-order valence-corrected chi connectivity index (χ3v) is 6.15. The molecular formula is C30H37N3O2. The van der Waals surface area contributed by atoms with E-state index in [2.05, 4.69) is 24.4 Å². The normalized spacial score (nSPS) is 11.7. The lowest BCUT2D eigenvalue weighted by Gasteiger charge is -2.29. The number of carbonyl (C=O) groups excluding carboxylic acids is 2. The van der Waals surface area contributed by atoms with Gasteiger partial charge < -0.3 is 15.1 Å². The van der Waals surface area contributed by atoms with E-state index in [0.717, 1.165) is 34.5 Å². The molecule has 0 aliphatic rings. The number of benzene rings is 3. The number of anilines is 2. The van der Waals surface area contributed by atoms with Crippen LogP contribution in [0.4, 0.5) is 11.4 Å². The molecule has 0 radical (unpaired) electrons. The Bertz CT molecular complexity index is 1110. The highest BCUT2D eigenvalue weighted by Gasteiger charge is 2.26. The summed E-state index contributed by atoms with van der Waals surface area (Å²) in [4.78, 5) is 30.3. The van der Waals surface area contributed by atoms with Gasteiger partial charge in [0.1, 0.15) is 0 Å². The van der Waals surface area contributed by atoms with Crippen molar-refractivity contribution in [2.75, 3.05) is 24.3 Å². The molecule has 0 aromatic heterocycles. The summed E-state index contributed by atoms with van der Waals surface area (Å²) in [5.41, 5.74) is 4.87. The predicted octanol–water partition coefficient (Wildman–Crippen LogP) is 6.07. The van der Waals surface area contributed by atoms with Crippen molar-refractivity contribution in [2.24, 2.45) is 5.92 Å². The summed E-state index contributed by atoms with van der Waals surface area (Å²) in [6, 6.07) is 26.0. The van der Waals surface area contributed by atoms with Crippen LogP contribution in [0.3, 0.4) is 0 Å². The lowest BCUT2D eigenvalue weighted by Crippen LogP contribution is -2.34. The second-order valence-corrected chi connectivity index (χ2v) is 9.43. The number of hydrogen-bond donors (Lipinski definition) is 1. The van der Waals surface area contributed by atoms with Gasteiger partial charge in [0.05, 0.1) is 5.92 Å². The Morgan fingerprint density at radius 2 is 1.49 bits per heavy atom. The van der Waals surface area contributed by atoms with E-state index in [1.165, 1.54) is 0 Å². The summed E-state index contributed by atoms with van der Waals surface area (Å²) in [6.07, 6.45) is 0.721. The molecule has 2 amide bonds. The van der Waals surface area contributed by atoms with Gasteiger partial charge in [0.15, 0.2) is 0 Å². The van der Waals surface area contributed by atoms with Crippen molar-refractivity contribution in [1.82, 2.24) is 4.90 Å². The van der Waals surface area contributed by atoms with Gasteiger partial charge in [-0.15, -0.1) is 0 Å². The van der Waals surface area contributed by atoms with E-state index >= 15 is 0 Å². The number of carbonyl (C=O) groups is 2. The van der Waals surface area contributed by atoms with Crippen molar-refractivity contribution in [3.63, 3.8) is 0 Å². The molecule has 0 saturated heterocycles. The minimum Gasteiger partial charge on any atom is -0.377 e. The molecule has 1 N–H and O–H groups in total. The summed E-state index contributed by atoms with van der Waals surface area (Å²) in [6.45, 7) is 6.76. The molecule has 0 fully saturated rings. The standard InChI is InChI=1S/C30H37N3O2/c1-6-27(24-15-11-8-12-16-24)30(35)33(20-23-13-9-7-10-14-23)21-25-19-26(31-29(34)22(2)3)17-18-28(25)32(4)5/h7-19,22,27H,6,20-21H2,1-5H3,(H,31,34)/t27-/m1/s1. The summed E-state index contributed by atoms with van der Waals surface area (Å²) in [5, 5.41) is 3.00. The average Bonchev–Trinajstić information content (AvgIpc) is 2.85. The minimum atomic E-state index is -0.216. The van der Waals surface area contributed by atoms with Crippen LogP contribution in [0.5, 0.6) is 0 Å². The first-order valence-corrected chi connectivity index (χ1v) is 12.3. The second-order valence-electron chi connectivity index (χ2n) is 9.43. The molecule has 0 spiro atoms. The zero-order valence-electron chi connectivity index (χ0n) is 21.5. The van der Waals surface area contributed by atoms with Gasteiger partial charge in [0, 0.05) is 44.5 Å². The maximum absolute atomic E-state index is 14.0. The van der Waals surface area contributed by atoms with Crippen molar-refractivity contribution in [3.8, 4) is 0 Å². The van der Waals surface area contributed by atoms with Crippen molar-refractivity contribution < 1.29 is 9.59 Å². The SMILES string of the molecule is CC[C@@H](C(=O)N(Cc1ccccc1)Cc1cc(NC(=O)C(C)C)ccc1N(C)C)c1ccccc1. The Balaban J connectivity index is 1.98. The van der Waals surface area contributed by atoms with Crippen LogP contribution in [-0.2, 0) is 22.7 Å². The molecule has 0 saturated carbocycles. The lowest BCUT2D eigenvalue weighted by atomic mass is 9.94. The van der Waals surface area contributed by atoms with Crippen LogP contribution in [0.2, 0.25) is 0 Å². The Hall–Kier alpha value is -3.60. The van der Waals surface area contributed by atoms with Crippen LogP contribution in [0.1, 0.15) is 49.8 Å². The van der Waals surface area contributed by atoms with E-state index < -0.39 is 0 Å². The fourth-order valence-corrected chi connectivity index (χ4v) is 4.19. The molecule has 0 aliphatic carbocycles. The first-order chi connectivity index (χ1) is 16.8. The highest BCUT2D eigenvalue weighted by Crippen LogP contribution is 2.29. The number of amides is 2. The van der Waals surface area contributed by atoms with Crippen LogP contribution in [0, 0.1) is 5.92 Å². The topological polar surface area (TPSA) is 52.7 Å². The molecule has 3 aromatic carbocycles. The van der Waals surface area contributed by atoms with Gasteiger partial charge in [0.25, 0.3) is 0 Å². The smallest absolute Gasteiger partial charge is 0.230 e. The Morgan fingerprint density at radius 1 is 0.857 bits per heavy atom. The molecule has 0 bridgehead atoms. The molecule has 5 heteroatoms. The summed E-state index contributed by atoms with van der Waals surface area (Å²) in [5.74, 6) is -0.254. The Labute approximate surface area is 209 Å². The molecule has 0 aliphatic heterocycles. The number of rotatable bonds is 10. The van der Waals surface area contributed by atoms with Gasteiger partial charge in [-0.2, -0.15) is 0 Å². The van der Waals surface area contributed by atoms with Crippen molar-refractivity contribution >= 4 is 23.2 Å². The number of hydrogen-bond acceptors (Lipinski definition) is 3. The monoisotopic (exact) mass is 471 g/mol. The fourth-order valence-electron chi connectivity index (χ4n) is 4.19. The predicted molar refractivity (Wildman–Crippen MR) is 144 cm³/mol. The second kappa shape index (κ2) is 12.2. The van der Waals surface area contributed by atoms with Gasteiger partial charge in [0.2, 0.25) is 11.8 Å². The highest BCUT2D eigenvalue weighted by atomic mass is 16.2. The van der Waals surface area contributed by atoms with Gasteiger partial charge in [-0.05, 0) is 41.3 Å². The summed E-state index contributed by atoms with van der Waals surface area (Å²) < 4.78 is 0. The van der Waals surface area contributed by atoms with Crippen LogP contribution in [0.25, 0.3) is 0 Å². The molecule has 35 heavy (non-hydrogen) atoms. The van der Waals surface area contributed by atoms with E-state index in [4.69, 9.17) is 0 Å². The fraction of sp³-hybridized carbons (Fsp3) is 0.333. The van der Waals surface area contributed by atoms with Crippen molar-refractivity contribution in [3.05, 3.63) is 95.6 Å². The van der Waals surface area contributed by atoms with Gasteiger partial charge in [-0.3, -0.25) is 9.59 Å². The zero-order valence-corrected chi connectivity index (χ0v) is 21.5. The maximum Gasteiger partial charge on any atom is 0.230 e. The maximum atomic E-state index is 14.0. The first kappa shape index (κ1) is 26.0. The van der Waals surface area contributed by atoms with Crippen LogP contribution >= 0.6 is 0 Å². The van der Waals surface area contributed by atoms with Gasteiger partial charge in [-0.1, -0.05) is 81.4 Å². The largest absolute Gasteiger partial charge is 0.377 e. The zero-order chi connectivity index (χ0) is 25.4. The van der Waals surface area contributed by atoms with Crippen LogP contribution in [-0.4, -0.2) is 30.8 Å². The molecular weight excluding hydrogens is 434 g/mol. The minimum absolute atomic E-state index is 0.0269. The summed E-state index contributed by atoms with van der Waals surface area (Å²) in [7, 11) is 3.99. The Morgan fingerprint density at radius 3 is 2.06 bits per heavy atom. The van der Waals surface area contributed by atoms with Crippen molar-refractivity contribution in [1.29, 1.82) is 0 Å². The first-order valence-electron chi connectivity index (χ1n) is 12.3. The van der Waals surface area contributed by atoms with E-state index in [1.807, 2.05) is 104 Å². The molecule has 3 rings (SSSR count). The number of nitrogens with zero attached hydrogens (tertiary/aromatic N) is 2. The average molecular weight is 472 g/mol. The third-order valence-electron chi connectivity index (χ3n) is 6.15. The van der Waals surface area contributed by atoms with E-state index in [1.54, 1.807) is 0 Å². The molecule has 0 heterocycles. The quantitative estimate of drug-likeness (QED) is 0.390. The molecule has 5 nitrogen and oxygen atoms in total. The Kier molecular flexibility index (Phi) is 9.07. The molecule has 1 atom stereocenters. The van der Waals surface area contributed by atoms with Gasteiger partial charge >= 0.3 is 0 Å². The highest BCUT2D eigenvalue weighted by molar-refractivity contribution is 5.92. The van der Waals surface area contributed by atoms with Crippen molar-refractivity contribution in [2.45, 2.75) is 46.2 Å². The van der Waals surface area contributed by atoms with Crippen LogP contribution < -0.4 is 10.2 Å². The third kappa shape index (κ3) is 6.95. The van der Waals surface area contributed by atoms with Crippen LogP contribution in [0.15, 0.2) is 78.9 Å². The molecule has 184 valence electrons.